The van der Waals surface area contributed by atoms with Gasteiger partial charge in [0.2, 0.25) is 0 Å². The van der Waals surface area contributed by atoms with Crippen LogP contribution in [0.1, 0.15) is 97.8 Å². The first-order chi connectivity index (χ1) is 13.7. The lowest BCUT2D eigenvalue weighted by Gasteiger charge is -2.29. The van der Waals surface area contributed by atoms with E-state index in [2.05, 4.69) is 60.6 Å². The monoisotopic (exact) mass is 420 g/mol. The van der Waals surface area contributed by atoms with E-state index < -0.39 is 5.97 Å². The summed E-state index contributed by atoms with van der Waals surface area (Å²) in [4.78, 5) is 22.7. The molecule has 0 aliphatic carbocycles. The van der Waals surface area contributed by atoms with Crippen LogP contribution in [-0.4, -0.2) is 28.3 Å². The summed E-state index contributed by atoms with van der Waals surface area (Å²) in [7, 11) is 0. The minimum absolute atomic E-state index is 0.0284. The Morgan fingerprint density at radius 3 is 1.90 bits per heavy atom. The summed E-state index contributed by atoms with van der Waals surface area (Å²) in [6, 6.07) is 4.16. The number of hydrogen-bond donors (Lipinski definition) is 2. The van der Waals surface area contributed by atoms with Gasteiger partial charge in [0, 0.05) is 12.8 Å². The summed E-state index contributed by atoms with van der Waals surface area (Å²) < 4.78 is 5.59. The van der Waals surface area contributed by atoms with E-state index in [0.29, 0.717) is 12.2 Å². The highest BCUT2D eigenvalue weighted by Gasteiger charge is 2.28. The molecular weight excluding hydrogens is 380 g/mol. The van der Waals surface area contributed by atoms with Crippen molar-refractivity contribution in [2.45, 2.75) is 104 Å². The van der Waals surface area contributed by atoms with Crippen LogP contribution in [0.15, 0.2) is 12.1 Å². The SMILES string of the molecule is CCC(Cc1cc(C(C)(C)C)c(O)c(C(C)(C)C)c1)C(C)OC(=O)CCCC(=O)O. The van der Waals surface area contributed by atoms with Gasteiger partial charge >= 0.3 is 11.9 Å². The maximum absolute atomic E-state index is 12.1. The van der Waals surface area contributed by atoms with Crippen molar-refractivity contribution < 1.29 is 24.5 Å². The molecule has 2 atom stereocenters. The molecule has 170 valence electrons. The molecule has 0 radical (unpaired) electrons. The molecule has 0 fully saturated rings. The predicted octanol–water partition coefficient (Wildman–Crippen LogP) is 5.74. The summed E-state index contributed by atoms with van der Waals surface area (Å²) in [6.45, 7) is 16.5. The number of aliphatic carboxylic acids is 1. The van der Waals surface area contributed by atoms with Crippen LogP contribution in [-0.2, 0) is 31.6 Å². The molecule has 0 aliphatic heterocycles. The quantitative estimate of drug-likeness (QED) is 0.498. The summed E-state index contributed by atoms with van der Waals surface area (Å²) in [5, 5.41) is 19.6. The van der Waals surface area contributed by atoms with E-state index in [-0.39, 0.29) is 41.7 Å². The van der Waals surface area contributed by atoms with Gasteiger partial charge in [-0.3, -0.25) is 9.59 Å². The molecule has 1 rings (SSSR count). The Bertz CT molecular complexity index is 702. The van der Waals surface area contributed by atoms with Gasteiger partial charge in [-0.1, -0.05) is 60.6 Å². The molecule has 1 aromatic carbocycles. The van der Waals surface area contributed by atoms with E-state index >= 15 is 0 Å². The fourth-order valence-electron chi connectivity index (χ4n) is 3.65. The number of phenols is 1. The van der Waals surface area contributed by atoms with Crippen LogP contribution < -0.4 is 0 Å². The lowest BCUT2D eigenvalue weighted by Crippen LogP contribution is -2.26. The van der Waals surface area contributed by atoms with Gasteiger partial charge < -0.3 is 14.9 Å². The standard InChI is InChI=1S/C25H40O5/c1-9-18(16(2)30-22(28)12-10-11-21(26)27)13-17-14-19(24(3,4)5)23(29)20(15-17)25(6,7)8/h14-16,18,29H,9-13H2,1-8H3,(H,26,27). The van der Waals surface area contributed by atoms with Crippen LogP contribution >= 0.6 is 0 Å². The number of esters is 1. The molecular formula is C25H40O5. The van der Waals surface area contributed by atoms with E-state index in [9.17, 15) is 14.7 Å². The molecule has 0 saturated heterocycles. The summed E-state index contributed by atoms with van der Waals surface area (Å²) >= 11 is 0. The van der Waals surface area contributed by atoms with Crippen molar-refractivity contribution in [3.8, 4) is 5.75 Å². The number of benzene rings is 1. The van der Waals surface area contributed by atoms with Gasteiger partial charge in [-0.25, -0.2) is 0 Å². The van der Waals surface area contributed by atoms with Crippen LogP contribution in [0.2, 0.25) is 0 Å². The molecule has 1 aromatic rings. The normalized spacial score (nSPS) is 14.3. The lowest BCUT2D eigenvalue weighted by atomic mass is 9.77. The molecule has 5 nitrogen and oxygen atoms in total. The molecule has 0 bridgehead atoms. The molecule has 30 heavy (non-hydrogen) atoms. The smallest absolute Gasteiger partial charge is 0.306 e. The average molecular weight is 421 g/mol. The van der Waals surface area contributed by atoms with Gasteiger partial charge in [-0.05, 0) is 59.6 Å². The number of hydrogen-bond acceptors (Lipinski definition) is 4. The van der Waals surface area contributed by atoms with E-state index in [4.69, 9.17) is 9.84 Å². The van der Waals surface area contributed by atoms with Crippen LogP contribution in [0.4, 0.5) is 0 Å². The second kappa shape index (κ2) is 10.3. The number of rotatable bonds is 9. The largest absolute Gasteiger partial charge is 0.507 e. The van der Waals surface area contributed by atoms with Gasteiger partial charge in [-0.2, -0.15) is 0 Å². The number of carboxylic acids is 1. The number of carbonyl (C=O) groups is 2. The van der Waals surface area contributed by atoms with Crippen molar-refractivity contribution in [2.75, 3.05) is 0 Å². The molecule has 5 heteroatoms. The third kappa shape index (κ3) is 7.66. The van der Waals surface area contributed by atoms with Crippen LogP contribution in [0.25, 0.3) is 0 Å². The fourth-order valence-corrected chi connectivity index (χ4v) is 3.65. The van der Waals surface area contributed by atoms with Gasteiger partial charge in [0.15, 0.2) is 0 Å². The number of carbonyl (C=O) groups excluding carboxylic acids is 1. The Labute approximate surface area is 181 Å². The third-order valence-corrected chi connectivity index (χ3v) is 5.56. The Morgan fingerprint density at radius 2 is 1.50 bits per heavy atom. The van der Waals surface area contributed by atoms with Crippen molar-refractivity contribution >= 4 is 11.9 Å². The maximum atomic E-state index is 12.1. The Hall–Kier alpha value is -2.04. The molecule has 0 saturated carbocycles. The highest BCUT2D eigenvalue weighted by Crippen LogP contribution is 2.40. The minimum Gasteiger partial charge on any atom is -0.507 e. The molecule has 0 spiro atoms. The second-order valence-corrected chi connectivity index (χ2v) is 10.4. The van der Waals surface area contributed by atoms with Crippen molar-refractivity contribution in [1.29, 1.82) is 0 Å². The zero-order valence-corrected chi connectivity index (χ0v) is 20.0. The van der Waals surface area contributed by atoms with E-state index in [1.165, 1.54) is 0 Å². The zero-order chi connectivity index (χ0) is 23.3. The van der Waals surface area contributed by atoms with Crippen molar-refractivity contribution in [2.24, 2.45) is 5.92 Å². The first-order valence-corrected chi connectivity index (χ1v) is 10.9. The van der Waals surface area contributed by atoms with Crippen molar-refractivity contribution in [1.82, 2.24) is 0 Å². The zero-order valence-electron chi connectivity index (χ0n) is 20.0. The van der Waals surface area contributed by atoms with Gasteiger partial charge in [-0.15, -0.1) is 0 Å². The number of aromatic hydroxyl groups is 1. The van der Waals surface area contributed by atoms with Crippen LogP contribution in [0, 0.1) is 5.92 Å². The average Bonchev–Trinajstić information content (AvgIpc) is 2.58. The maximum Gasteiger partial charge on any atom is 0.306 e. The molecule has 2 N–H and O–H groups in total. The highest BCUT2D eigenvalue weighted by molar-refractivity contribution is 5.71. The minimum atomic E-state index is -0.904. The second-order valence-electron chi connectivity index (χ2n) is 10.4. The summed E-state index contributed by atoms with van der Waals surface area (Å²) in [5.41, 5.74) is 2.60. The van der Waals surface area contributed by atoms with Gasteiger partial charge in [0.05, 0.1) is 0 Å². The van der Waals surface area contributed by atoms with Crippen LogP contribution in [0.5, 0.6) is 5.75 Å². The molecule has 0 heterocycles. The Balaban J connectivity index is 3.05. The van der Waals surface area contributed by atoms with Crippen molar-refractivity contribution in [3.05, 3.63) is 28.8 Å². The summed E-state index contributed by atoms with van der Waals surface area (Å²) in [5.74, 6) is -0.749. The van der Waals surface area contributed by atoms with Gasteiger partial charge in [0.25, 0.3) is 0 Å². The van der Waals surface area contributed by atoms with E-state index in [1.54, 1.807) is 0 Å². The molecule has 0 amide bonds. The van der Waals surface area contributed by atoms with E-state index in [1.807, 2.05) is 6.92 Å². The van der Waals surface area contributed by atoms with Crippen LogP contribution in [0.3, 0.4) is 0 Å². The predicted molar refractivity (Wildman–Crippen MR) is 120 cm³/mol. The first-order valence-electron chi connectivity index (χ1n) is 10.9. The van der Waals surface area contributed by atoms with Gasteiger partial charge in [0.1, 0.15) is 11.9 Å². The fraction of sp³-hybridized carbons (Fsp3) is 0.680. The highest BCUT2D eigenvalue weighted by atomic mass is 16.5. The molecule has 2 unspecified atom stereocenters. The molecule has 0 aromatic heterocycles. The number of ether oxygens (including phenoxy) is 1. The van der Waals surface area contributed by atoms with E-state index in [0.717, 1.165) is 29.5 Å². The first kappa shape index (κ1) is 26.0. The Morgan fingerprint density at radius 1 is 1.00 bits per heavy atom. The topological polar surface area (TPSA) is 83.8 Å². The molecule has 0 aliphatic rings. The number of phenolic OH excluding ortho intramolecular Hbond substituents is 1. The Kier molecular flexibility index (Phi) is 8.94. The summed E-state index contributed by atoms with van der Waals surface area (Å²) in [6.07, 6.45) is 1.71. The third-order valence-electron chi connectivity index (χ3n) is 5.56. The lowest BCUT2D eigenvalue weighted by molar-refractivity contribution is -0.151. The van der Waals surface area contributed by atoms with Crippen molar-refractivity contribution in [3.63, 3.8) is 0 Å². The number of carboxylic acid groups (broad SMARTS) is 1.